The zero-order valence-electron chi connectivity index (χ0n) is 10.2. The van der Waals surface area contributed by atoms with Gasteiger partial charge < -0.3 is 14.5 Å². The molecule has 96 valence electrons. The van der Waals surface area contributed by atoms with Gasteiger partial charge in [-0.15, -0.1) is 0 Å². The van der Waals surface area contributed by atoms with E-state index in [0.717, 1.165) is 5.75 Å². The summed E-state index contributed by atoms with van der Waals surface area (Å²) in [5.41, 5.74) is 0. The third kappa shape index (κ3) is 3.13. The van der Waals surface area contributed by atoms with E-state index in [1.165, 1.54) is 11.8 Å². The SMILES string of the molecule is C[C@@H]1CN(C(=O)CN2CCSC2=O)C[C@H](C)O1. The Bertz CT molecular complexity index is 314. The van der Waals surface area contributed by atoms with Crippen LogP contribution in [0.25, 0.3) is 0 Å². The van der Waals surface area contributed by atoms with E-state index in [4.69, 9.17) is 4.74 Å². The van der Waals surface area contributed by atoms with E-state index in [9.17, 15) is 9.59 Å². The lowest BCUT2D eigenvalue weighted by molar-refractivity contribution is -0.143. The molecule has 17 heavy (non-hydrogen) atoms. The second kappa shape index (κ2) is 5.27. The molecular weight excluding hydrogens is 240 g/mol. The minimum Gasteiger partial charge on any atom is -0.372 e. The Hall–Kier alpha value is -0.750. The van der Waals surface area contributed by atoms with Crippen molar-refractivity contribution in [1.29, 1.82) is 0 Å². The number of amides is 2. The molecule has 2 rings (SSSR count). The average Bonchev–Trinajstić information content (AvgIpc) is 2.63. The Morgan fingerprint density at radius 2 is 2.06 bits per heavy atom. The summed E-state index contributed by atoms with van der Waals surface area (Å²) in [6, 6.07) is 0. The maximum atomic E-state index is 12.1. The van der Waals surface area contributed by atoms with Crippen LogP contribution in [0.1, 0.15) is 13.8 Å². The molecular formula is C11H18N2O3S. The van der Waals surface area contributed by atoms with Crippen LogP contribution < -0.4 is 0 Å². The third-order valence-electron chi connectivity index (χ3n) is 2.94. The number of nitrogens with zero attached hydrogens (tertiary/aromatic N) is 2. The molecule has 0 aromatic carbocycles. The maximum absolute atomic E-state index is 12.1. The molecule has 2 aliphatic rings. The lowest BCUT2D eigenvalue weighted by Gasteiger charge is -2.36. The van der Waals surface area contributed by atoms with E-state index in [2.05, 4.69) is 0 Å². The van der Waals surface area contributed by atoms with Gasteiger partial charge in [-0.05, 0) is 13.8 Å². The van der Waals surface area contributed by atoms with Crippen LogP contribution in [0.4, 0.5) is 4.79 Å². The first kappa shape index (κ1) is 12.7. The van der Waals surface area contributed by atoms with Gasteiger partial charge in [0.1, 0.15) is 6.54 Å². The highest BCUT2D eigenvalue weighted by molar-refractivity contribution is 8.13. The zero-order chi connectivity index (χ0) is 12.4. The Kier molecular flexibility index (Phi) is 3.93. The van der Waals surface area contributed by atoms with E-state index in [-0.39, 0.29) is 29.9 Å². The van der Waals surface area contributed by atoms with Gasteiger partial charge in [-0.3, -0.25) is 9.59 Å². The van der Waals surface area contributed by atoms with Crippen LogP contribution in [-0.2, 0) is 9.53 Å². The predicted molar refractivity (Wildman–Crippen MR) is 66.0 cm³/mol. The molecule has 0 aliphatic carbocycles. The molecule has 0 unspecified atom stereocenters. The Morgan fingerprint density at radius 3 is 2.59 bits per heavy atom. The molecule has 0 spiro atoms. The highest BCUT2D eigenvalue weighted by atomic mass is 32.2. The fraction of sp³-hybridized carbons (Fsp3) is 0.818. The van der Waals surface area contributed by atoms with Gasteiger partial charge >= 0.3 is 0 Å². The van der Waals surface area contributed by atoms with Crippen molar-refractivity contribution in [2.45, 2.75) is 26.1 Å². The van der Waals surface area contributed by atoms with Crippen molar-refractivity contribution in [3.8, 4) is 0 Å². The fourth-order valence-electron chi connectivity index (χ4n) is 2.21. The third-order valence-corrected chi connectivity index (χ3v) is 3.84. The van der Waals surface area contributed by atoms with Crippen LogP contribution >= 0.6 is 11.8 Å². The maximum Gasteiger partial charge on any atom is 0.282 e. The number of ether oxygens (including phenoxy) is 1. The average molecular weight is 258 g/mol. The Labute approximate surface area is 105 Å². The van der Waals surface area contributed by atoms with E-state index >= 15 is 0 Å². The van der Waals surface area contributed by atoms with E-state index in [1.54, 1.807) is 9.80 Å². The monoisotopic (exact) mass is 258 g/mol. The zero-order valence-corrected chi connectivity index (χ0v) is 11.0. The van der Waals surface area contributed by atoms with Gasteiger partial charge in [0.25, 0.3) is 5.24 Å². The molecule has 2 atom stereocenters. The lowest BCUT2D eigenvalue weighted by Crippen LogP contribution is -2.51. The van der Waals surface area contributed by atoms with Gasteiger partial charge in [0.15, 0.2) is 0 Å². The molecule has 0 aromatic rings. The van der Waals surface area contributed by atoms with Crippen LogP contribution in [0.5, 0.6) is 0 Å². The van der Waals surface area contributed by atoms with Crippen molar-refractivity contribution in [1.82, 2.24) is 9.80 Å². The molecule has 2 aliphatic heterocycles. The van der Waals surface area contributed by atoms with Gasteiger partial charge in [-0.1, -0.05) is 11.8 Å². The second-order valence-corrected chi connectivity index (χ2v) is 5.64. The molecule has 0 aromatic heterocycles. The first-order valence-electron chi connectivity index (χ1n) is 5.91. The Balaban J connectivity index is 1.88. The second-order valence-electron chi connectivity index (χ2n) is 4.59. The number of thioether (sulfide) groups is 1. The van der Waals surface area contributed by atoms with Crippen LogP contribution in [0.15, 0.2) is 0 Å². The van der Waals surface area contributed by atoms with Crippen molar-refractivity contribution in [2.75, 3.05) is 31.9 Å². The first-order chi connectivity index (χ1) is 8.06. The van der Waals surface area contributed by atoms with Crippen LogP contribution in [0.3, 0.4) is 0 Å². The molecule has 2 amide bonds. The van der Waals surface area contributed by atoms with Crippen molar-refractivity contribution in [3.63, 3.8) is 0 Å². The number of rotatable bonds is 2. The van der Waals surface area contributed by atoms with Crippen LogP contribution in [0.2, 0.25) is 0 Å². The van der Waals surface area contributed by atoms with Crippen LogP contribution in [0, 0.1) is 0 Å². The van der Waals surface area contributed by atoms with E-state index < -0.39 is 0 Å². The summed E-state index contributed by atoms with van der Waals surface area (Å²) in [4.78, 5) is 26.9. The van der Waals surface area contributed by atoms with Crippen molar-refractivity contribution >= 4 is 22.9 Å². The van der Waals surface area contributed by atoms with Gasteiger partial charge in [0.05, 0.1) is 12.2 Å². The topological polar surface area (TPSA) is 49.9 Å². The molecule has 0 N–H and O–H groups in total. The molecule has 2 fully saturated rings. The molecule has 2 saturated heterocycles. The summed E-state index contributed by atoms with van der Waals surface area (Å²) in [6.45, 7) is 6.08. The molecule has 2 heterocycles. The predicted octanol–water partition coefficient (Wildman–Crippen LogP) is 0.791. The Morgan fingerprint density at radius 1 is 1.41 bits per heavy atom. The molecule has 6 heteroatoms. The molecule has 0 saturated carbocycles. The number of carbonyl (C=O) groups excluding carboxylic acids is 2. The number of hydrogen-bond acceptors (Lipinski definition) is 4. The fourth-order valence-corrected chi connectivity index (χ4v) is 3.04. The van der Waals surface area contributed by atoms with Gasteiger partial charge in [-0.25, -0.2) is 0 Å². The first-order valence-corrected chi connectivity index (χ1v) is 6.89. The molecule has 0 bridgehead atoms. The number of morpholine rings is 1. The van der Waals surface area contributed by atoms with Crippen LogP contribution in [-0.4, -0.2) is 65.1 Å². The highest BCUT2D eigenvalue weighted by Crippen LogP contribution is 2.18. The van der Waals surface area contributed by atoms with E-state index in [1.807, 2.05) is 13.8 Å². The normalized spacial score (nSPS) is 29.9. The van der Waals surface area contributed by atoms with E-state index in [0.29, 0.717) is 19.6 Å². The summed E-state index contributed by atoms with van der Waals surface area (Å²) < 4.78 is 5.58. The standard InChI is InChI=1S/C11H18N2O3S/c1-8-5-13(6-9(2)16-8)10(14)7-12-3-4-17-11(12)15/h8-9H,3-7H2,1-2H3/t8-,9+. The van der Waals surface area contributed by atoms with Gasteiger partial charge in [0.2, 0.25) is 5.91 Å². The largest absolute Gasteiger partial charge is 0.372 e. The summed E-state index contributed by atoms with van der Waals surface area (Å²) in [7, 11) is 0. The molecule has 5 nitrogen and oxygen atoms in total. The number of carbonyl (C=O) groups is 2. The lowest BCUT2D eigenvalue weighted by atomic mass is 10.2. The summed E-state index contributed by atoms with van der Waals surface area (Å²) in [5, 5.41) is 0.0210. The highest BCUT2D eigenvalue weighted by Gasteiger charge is 2.29. The number of hydrogen-bond donors (Lipinski definition) is 0. The van der Waals surface area contributed by atoms with Crippen molar-refractivity contribution in [3.05, 3.63) is 0 Å². The van der Waals surface area contributed by atoms with Crippen molar-refractivity contribution in [2.24, 2.45) is 0 Å². The quantitative estimate of drug-likeness (QED) is 0.735. The summed E-state index contributed by atoms with van der Waals surface area (Å²) in [6.07, 6.45) is 0.151. The van der Waals surface area contributed by atoms with Gasteiger partial charge in [0, 0.05) is 25.4 Å². The van der Waals surface area contributed by atoms with Crippen molar-refractivity contribution < 1.29 is 14.3 Å². The van der Waals surface area contributed by atoms with Gasteiger partial charge in [-0.2, -0.15) is 0 Å². The summed E-state index contributed by atoms with van der Waals surface area (Å²) in [5.74, 6) is 0.824. The minimum absolute atomic E-state index is 0.0210. The molecule has 0 radical (unpaired) electrons. The smallest absolute Gasteiger partial charge is 0.282 e. The summed E-state index contributed by atoms with van der Waals surface area (Å²) >= 11 is 1.29. The minimum atomic E-state index is 0.0210.